The Bertz CT molecular complexity index is 795. The largest absolute Gasteiger partial charge is 0.508 e. The van der Waals surface area contributed by atoms with Gasteiger partial charge in [0.05, 0.1) is 0 Å². The van der Waals surface area contributed by atoms with E-state index < -0.39 is 5.60 Å². The Kier molecular flexibility index (Phi) is 5.07. The van der Waals surface area contributed by atoms with E-state index in [1.807, 2.05) is 45.0 Å². The highest BCUT2D eigenvalue weighted by Gasteiger charge is 2.25. The quantitative estimate of drug-likeness (QED) is 0.893. The van der Waals surface area contributed by atoms with Crippen molar-refractivity contribution in [1.29, 1.82) is 0 Å². The number of phenols is 1. The normalized spacial score (nSPS) is 13.9. The van der Waals surface area contributed by atoms with Crippen LogP contribution in [0.3, 0.4) is 0 Å². The summed E-state index contributed by atoms with van der Waals surface area (Å²) in [6, 6.07) is 13.0. The molecule has 0 aliphatic carbocycles. The van der Waals surface area contributed by atoms with Crippen LogP contribution in [-0.4, -0.2) is 28.2 Å². The fourth-order valence-corrected chi connectivity index (χ4v) is 2.91. The van der Waals surface area contributed by atoms with Crippen LogP contribution in [0.5, 0.6) is 11.5 Å². The SMILES string of the molecule is CC(C)(C)OC(=O)N1CCc2cc(OCc3cccc(O)c3)ccc2C1. The van der Waals surface area contributed by atoms with Crippen molar-refractivity contribution in [2.45, 2.75) is 45.9 Å². The van der Waals surface area contributed by atoms with Gasteiger partial charge in [0, 0.05) is 13.1 Å². The summed E-state index contributed by atoms with van der Waals surface area (Å²) in [7, 11) is 0. The number of amides is 1. The predicted octanol–water partition coefficient (Wildman–Crippen LogP) is 4.26. The first-order valence-electron chi connectivity index (χ1n) is 8.80. The molecule has 0 fully saturated rings. The molecular formula is C21H25NO4. The zero-order valence-electron chi connectivity index (χ0n) is 15.5. The highest BCUT2D eigenvalue weighted by molar-refractivity contribution is 5.68. The standard InChI is InChI=1S/C21H25NO4/c1-21(2,3)26-20(24)22-10-9-16-12-19(8-7-17(16)13-22)25-14-15-5-4-6-18(23)11-15/h4-8,11-12,23H,9-10,13-14H2,1-3H3. The van der Waals surface area contributed by atoms with Gasteiger partial charge < -0.3 is 19.5 Å². The maximum absolute atomic E-state index is 12.2. The van der Waals surface area contributed by atoms with Crippen molar-refractivity contribution < 1.29 is 19.4 Å². The Labute approximate surface area is 154 Å². The Morgan fingerprint density at radius 2 is 1.96 bits per heavy atom. The number of fused-ring (bicyclic) bond motifs is 1. The first kappa shape index (κ1) is 18.1. The third-order valence-corrected chi connectivity index (χ3v) is 4.16. The number of hydrogen-bond acceptors (Lipinski definition) is 4. The van der Waals surface area contributed by atoms with Crippen LogP contribution in [0.25, 0.3) is 0 Å². The Morgan fingerprint density at radius 1 is 1.15 bits per heavy atom. The molecule has 5 nitrogen and oxygen atoms in total. The number of hydrogen-bond donors (Lipinski definition) is 1. The number of phenolic OH excluding ortho intramolecular Hbond substituents is 1. The van der Waals surface area contributed by atoms with Gasteiger partial charge in [-0.1, -0.05) is 18.2 Å². The van der Waals surface area contributed by atoms with Gasteiger partial charge >= 0.3 is 6.09 Å². The van der Waals surface area contributed by atoms with Crippen molar-refractivity contribution >= 4 is 6.09 Å². The molecule has 2 aromatic carbocycles. The Balaban J connectivity index is 1.62. The molecule has 1 heterocycles. The molecule has 0 saturated heterocycles. The van der Waals surface area contributed by atoms with Crippen molar-refractivity contribution in [1.82, 2.24) is 4.90 Å². The third kappa shape index (κ3) is 4.69. The first-order valence-corrected chi connectivity index (χ1v) is 8.80. The van der Waals surface area contributed by atoms with Crippen LogP contribution in [0.15, 0.2) is 42.5 Å². The fraction of sp³-hybridized carbons (Fsp3) is 0.381. The Morgan fingerprint density at radius 3 is 2.69 bits per heavy atom. The highest BCUT2D eigenvalue weighted by Crippen LogP contribution is 2.26. The van der Waals surface area contributed by atoms with E-state index in [0.29, 0.717) is 19.7 Å². The van der Waals surface area contributed by atoms with Gasteiger partial charge in [-0.3, -0.25) is 0 Å². The number of nitrogens with zero attached hydrogens (tertiary/aromatic N) is 1. The summed E-state index contributed by atoms with van der Waals surface area (Å²) >= 11 is 0. The molecule has 1 aliphatic rings. The van der Waals surface area contributed by atoms with Crippen LogP contribution in [0.2, 0.25) is 0 Å². The summed E-state index contributed by atoms with van der Waals surface area (Å²) in [6.45, 7) is 7.21. The van der Waals surface area contributed by atoms with Crippen molar-refractivity contribution in [2.24, 2.45) is 0 Å². The van der Waals surface area contributed by atoms with Gasteiger partial charge in [0.2, 0.25) is 0 Å². The molecule has 3 rings (SSSR count). The van der Waals surface area contributed by atoms with Crippen LogP contribution >= 0.6 is 0 Å². The average molecular weight is 355 g/mol. The van der Waals surface area contributed by atoms with Crippen LogP contribution in [0.4, 0.5) is 4.79 Å². The summed E-state index contributed by atoms with van der Waals surface area (Å²) < 4.78 is 11.3. The number of rotatable bonds is 3. The van der Waals surface area contributed by atoms with E-state index in [2.05, 4.69) is 0 Å². The zero-order valence-corrected chi connectivity index (χ0v) is 15.5. The van der Waals surface area contributed by atoms with Crippen molar-refractivity contribution in [3.63, 3.8) is 0 Å². The first-order chi connectivity index (χ1) is 12.3. The molecule has 0 bridgehead atoms. The van der Waals surface area contributed by atoms with Gasteiger partial charge in [0.25, 0.3) is 0 Å². The summed E-state index contributed by atoms with van der Waals surface area (Å²) in [5.41, 5.74) is 2.74. The molecule has 0 saturated carbocycles. The summed E-state index contributed by atoms with van der Waals surface area (Å²) in [5.74, 6) is 1.02. The molecule has 138 valence electrons. The molecule has 1 aliphatic heterocycles. The topological polar surface area (TPSA) is 59.0 Å². The molecule has 26 heavy (non-hydrogen) atoms. The minimum atomic E-state index is -0.485. The number of benzene rings is 2. The zero-order chi connectivity index (χ0) is 18.7. The second-order valence-corrected chi connectivity index (χ2v) is 7.54. The Hall–Kier alpha value is -2.69. The smallest absolute Gasteiger partial charge is 0.410 e. The van der Waals surface area contributed by atoms with Gasteiger partial charge in [-0.05, 0) is 68.1 Å². The summed E-state index contributed by atoms with van der Waals surface area (Å²) in [4.78, 5) is 14.0. The van der Waals surface area contributed by atoms with Crippen molar-refractivity contribution in [3.05, 3.63) is 59.2 Å². The number of carbonyl (C=O) groups is 1. The lowest BCUT2D eigenvalue weighted by molar-refractivity contribution is 0.0224. The number of ether oxygens (including phenoxy) is 2. The van der Waals surface area contributed by atoms with E-state index in [-0.39, 0.29) is 11.8 Å². The molecule has 0 aromatic heterocycles. The molecular weight excluding hydrogens is 330 g/mol. The van der Waals surface area contributed by atoms with E-state index in [1.54, 1.807) is 23.1 Å². The molecule has 0 radical (unpaired) electrons. The van der Waals surface area contributed by atoms with Gasteiger partial charge in [-0.2, -0.15) is 0 Å². The van der Waals surface area contributed by atoms with E-state index in [9.17, 15) is 9.90 Å². The lowest BCUT2D eigenvalue weighted by Gasteiger charge is -2.31. The third-order valence-electron chi connectivity index (χ3n) is 4.16. The lowest BCUT2D eigenvalue weighted by Crippen LogP contribution is -2.39. The minimum absolute atomic E-state index is 0.235. The van der Waals surface area contributed by atoms with E-state index >= 15 is 0 Å². The second kappa shape index (κ2) is 7.28. The van der Waals surface area contributed by atoms with Gasteiger partial charge in [-0.15, -0.1) is 0 Å². The number of aromatic hydroxyl groups is 1. The van der Waals surface area contributed by atoms with Crippen molar-refractivity contribution in [2.75, 3.05) is 6.54 Å². The van der Waals surface area contributed by atoms with Gasteiger partial charge in [-0.25, -0.2) is 4.79 Å². The molecule has 1 amide bonds. The van der Waals surface area contributed by atoms with E-state index in [0.717, 1.165) is 23.3 Å². The molecule has 2 aromatic rings. The summed E-state index contributed by atoms with van der Waals surface area (Å²) in [6.07, 6.45) is 0.505. The van der Waals surface area contributed by atoms with Crippen molar-refractivity contribution in [3.8, 4) is 11.5 Å². The summed E-state index contributed by atoms with van der Waals surface area (Å²) in [5, 5.41) is 9.51. The molecule has 5 heteroatoms. The molecule has 1 N–H and O–H groups in total. The maximum atomic E-state index is 12.2. The predicted molar refractivity (Wildman–Crippen MR) is 99.2 cm³/mol. The monoisotopic (exact) mass is 355 g/mol. The van der Waals surface area contributed by atoms with Crippen LogP contribution in [0.1, 0.15) is 37.5 Å². The van der Waals surface area contributed by atoms with Crippen LogP contribution in [0, 0.1) is 0 Å². The van der Waals surface area contributed by atoms with Crippen LogP contribution in [-0.2, 0) is 24.3 Å². The van der Waals surface area contributed by atoms with Crippen LogP contribution < -0.4 is 4.74 Å². The van der Waals surface area contributed by atoms with Gasteiger partial charge in [0.1, 0.15) is 23.7 Å². The minimum Gasteiger partial charge on any atom is -0.508 e. The van der Waals surface area contributed by atoms with E-state index in [4.69, 9.17) is 9.47 Å². The lowest BCUT2D eigenvalue weighted by atomic mass is 10.00. The van der Waals surface area contributed by atoms with Gasteiger partial charge in [0.15, 0.2) is 0 Å². The van der Waals surface area contributed by atoms with E-state index in [1.165, 1.54) is 5.56 Å². The fourth-order valence-electron chi connectivity index (χ4n) is 2.91. The molecule has 0 unspecified atom stereocenters. The number of carbonyl (C=O) groups excluding carboxylic acids is 1. The molecule has 0 spiro atoms. The average Bonchev–Trinajstić information content (AvgIpc) is 2.58. The molecule has 0 atom stereocenters. The second-order valence-electron chi connectivity index (χ2n) is 7.54. The maximum Gasteiger partial charge on any atom is 0.410 e. The highest BCUT2D eigenvalue weighted by atomic mass is 16.6.